The van der Waals surface area contributed by atoms with E-state index >= 15 is 0 Å². The van der Waals surface area contributed by atoms with Crippen LogP contribution in [-0.4, -0.2) is 11.6 Å². The lowest BCUT2D eigenvalue weighted by molar-refractivity contribution is 0.242. The van der Waals surface area contributed by atoms with Crippen LogP contribution < -0.4 is 10.1 Å². The normalized spacial score (nSPS) is 18.9. The van der Waals surface area contributed by atoms with Crippen molar-refractivity contribution in [1.29, 1.82) is 0 Å². The molecule has 2 rings (SSSR count). The molecule has 0 aromatic heterocycles. The van der Waals surface area contributed by atoms with Crippen LogP contribution in [0.25, 0.3) is 0 Å². The maximum Gasteiger partial charge on any atom is 0.142 e. The molecule has 1 aromatic carbocycles. The molecule has 14 heavy (non-hydrogen) atoms. The zero-order chi connectivity index (χ0) is 10.2. The highest BCUT2D eigenvalue weighted by atomic mass is 32.1. The van der Waals surface area contributed by atoms with Crippen LogP contribution >= 0.6 is 12.2 Å². The fourth-order valence-electron chi connectivity index (χ4n) is 1.31. The average Bonchev–Trinajstić information content (AvgIpc) is 2.26. The molecule has 0 radical (unpaired) electrons. The molecule has 0 atom stereocenters. The van der Waals surface area contributed by atoms with Crippen LogP contribution in [0.2, 0.25) is 0 Å². The lowest BCUT2D eigenvalue weighted by Gasteiger charge is -2.21. The Morgan fingerprint density at radius 1 is 1.36 bits per heavy atom. The number of anilines is 1. The van der Waals surface area contributed by atoms with Crippen molar-refractivity contribution in [3.8, 4) is 5.75 Å². The van der Waals surface area contributed by atoms with E-state index in [2.05, 4.69) is 19.2 Å². The largest absolute Gasteiger partial charge is 0.490 e. The standard InChI is InChI=1S/C11H13NOS/c1-11(2)7-13-9-6-4-3-5-8(9)12-10(11)14/h3-6H,7H2,1-2H3,(H,12,14). The summed E-state index contributed by atoms with van der Waals surface area (Å²) in [5, 5.41) is 3.22. The van der Waals surface area contributed by atoms with Gasteiger partial charge >= 0.3 is 0 Å². The maximum atomic E-state index is 5.68. The molecule has 1 heterocycles. The van der Waals surface area contributed by atoms with Crippen molar-refractivity contribution in [2.45, 2.75) is 13.8 Å². The van der Waals surface area contributed by atoms with Gasteiger partial charge in [-0.2, -0.15) is 0 Å². The Morgan fingerprint density at radius 2 is 2.07 bits per heavy atom. The Hall–Kier alpha value is -1.09. The first-order valence-corrected chi connectivity index (χ1v) is 5.04. The van der Waals surface area contributed by atoms with Crippen LogP contribution in [0, 0.1) is 5.41 Å². The molecule has 0 saturated heterocycles. The van der Waals surface area contributed by atoms with E-state index < -0.39 is 0 Å². The monoisotopic (exact) mass is 207 g/mol. The zero-order valence-corrected chi connectivity index (χ0v) is 9.15. The first-order chi connectivity index (χ1) is 6.59. The third-order valence-corrected chi connectivity index (χ3v) is 2.99. The summed E-state index contributed by atoms with van der Waals surface area (Å²) in [6.45, 7) is 4.78. The van der Waals surface area contributed by atoms with Gasteiger partial charge in [0, 0.05) is 5.41 Å². The summed E-state index contributed by atoms with van der Waals surface area (Å²) >= 11 is 5.31. The lowest BCUT2D eigenvalue weighted by Crippen LogP contribution is -2.32. The van der Waals surface area contributed by atoms with Crippen molar-refractivity contribution in [2.75, 3.05) is 11.9 Å². The summed E-state index contributed by atoms with van der Waals surface area (Å²) in [4.78, 5) is 0.836. The fraction of sp³-hybridized carbons (Fsp3) is 0.364. The summed E-state index contributed by atoms with van der Waals surface area (Å²) < 4.78 is 5.68. The Labute approximate surface area is 89.3 Å². The van der Waals surface area contributed by atoms with Crippen molar-refractivity contribution in [1.82, 2.24) is 0 Å². The van der Waals surface area contributed by atoms with Crippen molar-refractivity contribution >= 4 is 22.9 Å². The van der Waals surface area contributed by atoms with Gasteiger partial charge in [0.1, 0.15) is 5.75 Å². The molecule has 0 spiro atoms. The highest BCUT2D eigenvalue weighted by molar-refractivity contribution is 7.80. The molecule has 0 saturated carbocycles. The smallest absolute Gasteiger partial charge is 0.142 e. The molecule has 2 nitrogen and oxygen atoms in total. The molecule has 1 aliphatic rings. The first-order valence-electron chi connectivity index (χ1n) is 4.63. The van der Waals surface area contributed by atoms with E-state index in [1.165, 1.54) is 0 Å². The molecule has 0 amide bonds. The van der Waals surface area contributed by atoms with Gasteiger partial charge in [0.15, 0.2) is 0 Å². The van der Waals surface area contributed by atoms with Gasteiger partial charge in [-0.05, 0) is 12.1 Å². The van der Waals surface area contributed by atoms with Crippen LogP contribution in [0.5, 0.6) is 5.75 Å². The lowest BCUT2D eigenvalue weighted by atomic mass is 9.95. The van der Waals surface area contributed by atoms with E-state index in [9.17, 15) is 0 Å². The second kappa shape index (κ2) is 3.24. The van der Waals surface area contributed by atoms with Gasteiger partial charge < -0.3 is 10.1 Å². The second-order valence-electron chi connectivity index (χ2n) is 4.12. The number of benzene rings is 1. The van der Waals surface area contributed by atoms with Gasteiger partial charge in [-0.15, -0.1) is 0 Å². The molecule has 3 heteroatoms. The van der Waals surface area contributed by atoms with Gasteiger partial charge in [-0.3, -0.25) is 0 Å². The average molecular weight is 207 g/mol. The van der Waals surface area contributed by atoms with Gasteiger partial charge in [0.05, 0.1) is 17.3 Å². The predicted octanol–water partition coefficient (Wildman–Crippen LogP) is 2.84. The SMILES string of the molecule is CC1(C)COc2ccccc2NC1=S. The third-order valence-electron chi connectivity index (χ3n) is 2.34. The Morgan fingerprint density at radius 3 is 2.86 bits per heavy atom. The summed E-state index contributed by atoms with van der Waals surface area (Å²) in [5.41, 5.74) is 0.858. The number of hydrogen-bond acceptors (Lipinski definition) is 2. The van der Waals surface area contributed by atoms with Crippen LogP contribution in [0.4, 0.5) is 5.69 Å². The molecule has 0 unspecified atom stereocenters. The molecule has 0 bridgehead atoms. The van der Waals surface area contributed by atoms with E-state index in [1.807, 2.05) is 24.3 Å². The van der Waals surface area contributed by atoms with Crippen molar-refractivity contribution in [2.24, 2.45) is 5.41 Å². The van der Waals surface area contributed by atoms with E-state index in [4.69, 9.17) is 17.0 Å². The number of para-hydroxylation sites is 2. The van der Waals surface area contributed by atoms with Crippen LogP contribution in [0.1, 0.15) is 13.8 Å². The first kappa shape index (κ1) is 9.46. The Kier molecular flexibility index (Phi) is 2.19. The summed E-state index contributed by atoms with van der Waals surface area (Å²) in [7, 11) is 0. The van der Waals surface area contributed by atoms with Crippen molar-refractivity contribution in [3.63, 3.8) is 0 Å². The van der Waals surface area contributed by atoms with Crippen LogP contribution in [-0.2, 0) is 0 Å². The van der Waals surface area contributed by atoms with Crippen molar-refractivity contribution < 1.29 is 4.74 Å². The van der Waals surface area contributed by atoms with Gasteiger partial charge in [0.25, 0.3) is 0 Å². The van der Waals surface area contributed by atoms with Gasteiger partial charge in [0.2, 0.25) is 0 Å². The van der Waals surface area contributed by atoms with Crippen molar-refractivity contribution in [3.05, 3.63) is 24.3 Å². The van der Waals surface area contributed by atoms with Crippen LogP contribution in [0.15, 0.2) is 24.3 Å². The highest BCUT2D eigenvalue weighted by Gasteiger charge is 2.28. The Bertz CT molecular complexity index is 373. The number of thiocarbonyl (C=S) groups is 1. The molecule has 0 aliphatic carbocycles. The molecule has 1 aliphatic heterocycles. The molecule has 74 valence electrons. The molecule has 0 fully saturated rings. The maximum absolute atomic E-state index is 5.68. The van der Waals surface area contributed by atoms with Crippen LogP contribution in [0.3, 0.4) is 0 Å². The quantitative estimate of drug-likeness (QED) is 0.661. The van der Waals surface area contributed by atoms with Gasteiger partial charge in [-0.1, -0.05) is 38.2 Å². The van der Waals surface area contributed by atoms with E-state index in [0.717, 1.165) is 16.4 Å². The molecular weight excluding hydrogens is 194 g/mol. The topological polar surface area (TPSA) is 21.3 Å². The Balaban J connectivity index is 2.38. The predicted molar refractivity (Wildman–Crippen MR) is 61.9 cm³/mol. The zero-order valence-electron chi connectivity index (χ0n) is 8.33. The minimum absolute atomic E-state index is 0.103. The number of fused-ring (bicyclic) bond motifs is 1. The summed E-state index contributed by atoms with van der Waals surface area (Å²) in [5.74, 6) is 0.875. The minimum atomic E-state index is -0.103. The van der Waals surface area contributed by atoms with E-state index in [-0.39, 0.29) is 5.41 Å². The van der Waals surface area contributed by atoms with Gasteiger partial charge in [-0.25, -0.2) is 0 Å². The molecule has 1 N–H and O–H groups in total. The number of nitrogens with one attached hydrogen (secondary N) is 1. The summed E-state index contributed by atoms with van der Waals surface area (Å²) in [6.07, 6.45) is 0. The minimum Gasteiger partial charge on any atom is -0.490 e. The molecular formula is C11H13NOS. The second-order valence-corrected chi connectivity index (χ2v) is 4.53. The third kappa shape index (κ3) is 1.60. The van der Waals surface area contributed by atoms with E-state index in [1.54, 1.807) is 0 Å². The number of hydrogen-bond donors (Lipinski definition) is 1. The summed E-state index contributed by atoms with van der Waals surface area (Å²) in [6, 6.07) is 7.85. The number of ether oxygens (including phenoxy) is 1. The van der Waals surface area contributed by atoms with E-state index in [0.29, 0.717) is 6.61 Å². The highest BCUT2D eigenvalue weighted by Crippen LogP contribution is 2.32. The fourth-order valence-corrected chi connectivity index (χ4v) is 1.48. The molecule has 1 aromatic rings. The number of rotatable bonds is 0.